The summed E-state index contributed by atoms with van der Waals surface area (Å²) < 4.78 is 11.3. The highest BCUT2D eigenvalue weighted by Gasteiger charge is 2.15. The number of hydrogen-bond donors (Lipinski definition) is 1. The van der Waals surface area contributed by atoms with Crippen molar-refractivity contribution in [3.05, 3.63) is 29.8 Å². The van der Waals surface area contributed by atoms with E-state index in [4.69, 9.17) is 9.47 Å². The van der Waals surface area contributed by atoms with E-state index in [1.165, 1.54) is 24.8 Å². The molecule has 0 spiro atoms. The lowest BCUT2D eigenvalue weighted by Gasteiger charge is -2.27. The van der Waals surface area contributed by atoms with Crippen LogP contribution in [0.25, 0.3) is 0 Å². The molecule has 1 saturated heterocycles. The number of aliphatic imine (C=N–C) groups is 1. The quantitative estimate of drug-likeness (QED) is 0.339. The topological polar surface area (TPSA) is 46.1 Å². The highest BCUT2D eigenvalue weighted by atomic mass is 127. The molecule has 0 aromatic heterocycles. The Labute approximate surface area is 181 Å². The summed E-state index contributed by atoms with van der Waals surface area (Å²) >= 11 is 0. The maximum Gasteiger partial charge on any atom is 0.193 e. The van der Waals surface area contributed by atoms with Crippen molar-refractivity contribution in [1.29, 1.82) is 0 Å². The number of nitrogens with one attached hydrogen (secondary N) is 1. The van der Waals surface area contributed by atoms with Gasteiger partial charge in [-0.15, -0.1) is 24.0 Å². The minimum absolute atomic E-state index is 0. The molecule has 0 aliphatic carbocycles. The fourth-order valence-electron chi connectivity index (χ4n) is 3.09. The van der Waals surface area contributed by atoms with Crippen molar-refractivity contribution in [3.8, 4) is 5.75 Å². The fraction of sp³-hybridized carbons (Fsp3) is 0.667. The lowest BCUT2D eigenvalue weighted by molar-refractivity contribution is 0.0625. The van der Waals surface area contributed by atoms with Crippen LogP contribution in [0.4, 0.5) is 0 Å². The van der Waals surface area contributed by atoms with E-state index in [9.17, 15) is 0 Å². The van der Waals surface area contributed by atoms with E-state index in [-0.39, 0.29) is 24.0 Å². The van der Waals surface area contributed by atoms with Gasteiger partial charge in [-0.1, -0.05) is 26.0 Å². The Balaban J connectivity index is 0.00000364. The summed E-state index contributed by atoms with van der Waals surface area (Å²) in [6, 6.07) is 8.28. The van der Waals surface area contributed by atoms with Gasteiger partial charge in [-0.05, 0) is 48.8 Å². The third kappa shape index (κ3) is 9.14. The second-order valence-electron chi connectivity index (χ2n) is 7.52. The normalized spacial score (nSPS) is 15.4. The van der Waals surface area contributed by atoms with Gasteiger partial charge >= 0.3 is 0 Å². The molecule has 2 rings (SSSR count). The van der Waals surface area contributed by atoms with Crippen LogP contribution in [0.5, 0.6) is 5.75 Å². The number of ether oxygens (including phenoxy) is 2. The van der Waals surface area contributed by atoms with Crippen molar-refractivity contribution in [2.24, 2.45) is 16.8 Å². The lowest BCUT2D eigenvalue weighted by Crippen LogP contribution is -2.39. The zero-order valence-corrected chi connectivity index (χ0v) is 19.6. The first kappa shape index (κ1) is 24.0. The van der Waals surface area contributed by atoms with Crippen LogP contribution >= 0.6 is 24.0 Å². The molecule has 0 radical (unpaired) electrons. The van der Waals surface area contributed by atoms with Gasteiger partial charge in [0.05, 0.1) is 6.61 Å². The predicted molar refractivity (Wildman–Crippen MR) is 123 cm³/mol. The molecule has 1 aliphatic heterocycles. The third-order valence-corrected chi connectivity index (χ3v) is 4.72. The van der Waals surface area contributed by atoms with Gasteiger partial charge < -0.3 is 19.7 Å². The summed E-state index contributed by atoms with van der Waals surface area (Å²) in [5, 5.41) is 3.46. The molecule has 1 fully saturated rings. The van der Waals surface area contributed by atoms with Gasteiger partial charge in [0.2, 0.25) is 0 Å². The van der Waals surface area contributed by atoms with Gasteiger partial charge in [-0.3, -0.25) is 4.99 Å². The van der Waals surface area contributed by atoms with E-state index in [1.807, 2.05) is 19.2 Å². The van der Waals surface area contributed by atoms with Gasteiger partial charge in [-0.2, -0.15) is 0 Å². The summed E-state index contributed by atoms with van der Waals surface area (Å²) in [6.45, 7) is 8.65. The molecule has 154 valence electrons. The molecular formula is C21H36IN3O2. The summed E-state index contributed by atoms with van der Waals surface area (Å²) in [4.78, 5) is 6.64. The van der Waals surface area contributed by atoms with Crippen LogP contribution in [0.15, 0.2) is 29.3 Å². The second-order valence-corrected chi connectivity index (χ2v) is 7.52. The van der Waals surface area contributed by atoms with Crippen molar-refractivity contribution in [2.75, 3.05) is 40.5 Å². The standard InChI is InChI=1S/C21H35N3O2.HI/c1-17(2)16-26-20-7-5-6-19(14-20)15-23-21(22-3)24(4)11-8-18-9-12-25-13-10-18;/h5-7,14,17-18H,8-13,15-16H2,1-4H3,(H,22,23);1H. The monoisotopic (exact) mass is 489 g/mol. The molecule has 1 aromatic carbocycles. The molecule has 0 atom stereocenters. The summed E-state index contributed by atoms with van der Waals surface area (Å²) in [5.74, 6) is 3.17. The smallest absolute Gasteiger partial charge is 0.193 e. The largest absolute Gasteiger partial charge is 0.493 e. The Hall–Kier alpha value is -1.02. The minimum Gasteiger partial charge on any atom is -0.493 e. The van der Waals surface area contributed by atoms with Crippen LogP contribution in [-0.2, 0) is 11.3 Å². The van der Waals surface area contributed by atoms with Crippen molar-refractivity contribution in [3.63, 3.8) is 0 Å². The number of benzene rings is 1. The summed E-state index contributed by atoms with van der Waals surface area (Å²) in [5.41, 5.74) is 1.20. The molecule has 27 heavy (non-hydrogen) atoms. The predicted octanol–water partition coefficient (Wildman–Crippen LogP) is 4.16. The van der Waals surface area contributed by atoms with Crippen LogP contribution < -0.4 is 10.1 Å². The molecule has 0 unspecified atom stereocenters. The van der Waals surface area contributed by atoms with Crippen LogP contribution in [0.2, 0.25) is 0 Å². The molecule has 1 aliphatic rings. The molecule has 0 saturated carbocycles. The van der Waals surface area contributed by atoms with E-state index < -0.39 is 0 Å². The highest BCUT2D eigenvalue weighted by molar-refractivity contribution is 14.0. The SMILES string of the molecule is CN=C(NCc1cccc(OCC(C)C)c1)N(C)CCC1CCOCC1.I. The van der Waals surface area contributed by atoms with Crippen molar-refractivity contribution >= 4 is 29.9 Å². The van der Waals surface area contributed by atoms with Gasteiger partial charge in [-0.25, -0.2) is 0 Å². The molecule has 6 heteroatoms. The number of guanidine groups is 1. The number of halogens is 1. The molecule has 5 nitrogen and oxygen atoms in total. The average molecular weight is 489 g/mol. The number of nitrogens with zero attached hydrogens (tertiary/aromatic N) is 2. The average Bonchev–Trinajstić information content (AvgIpc) is 2.66. The van der Waals surface area contributed by atoms with Crippen LogP contribution in [-0.4, -0.2) is 51.3 Å². The lowest BCUT2D eigenvalue weighted by atomic mass is 9.96. The zero-order valence-electron chi connectivity index (χ0n) is 17.2. The molecule has 1 heterocycles. The Morgan fingerprint density at radius 3 is 2.74 bits per heavy atom. The van der Waals surface area contributed by atoms with Crippen molar-refractivity contribution in [1.82, 2.24) is 10.2 Å². The van der Waals surface area contributed by atoms with Gasteiger partial charge in [0.15, 0.2) is 5.96 Å². The molecule has 0 amide bonds. The summed E-state index contributed by atoms with van der Waals surface area (Å²) in [6.07, 6.45) is 3.56. The summed E-state index contributed by atoms with van der Waals surface area (Å²) in [7, 11) is 3.95. The Morgan fingerprint density at radius 1 is 1.33 bits per heavy atom. The van der Waals surface area contributed by atoms with E-state index in [1.54, 1.807) is 0 Å². The van der Waals surface area contributed by atoms with Crippen LogP contribution in [0.1, 0.15) is 38.7 Å². The second kappa shape index (κ2) is 13.2. The van der Waals surface area contributed by atoms with E-state index >= 15 is 0 Å². The van der Waals surface area contributed by atoms with Gasteiger partial charge in [0, 0.05) is 40.4 Å². The first-order valence-corrected chi connectivity index (χ1v) is 9.79. The number of rotatable bonds is 8. The third-order valence-electron chi connectivity index (χ3n) is 4.72. The zero-order chi connectivity index (χ0) is 18.8. The van der Waals surface area contributed by atoms with E-state index in [0.717, 1.165) is 50.5 Å². The molecule has 1 N–H and O–H groups in total. The number of hydrogen-bond acceptors (Lipinski definition) is 3. The fourth-order valence-corrected chi connectivity index (χ4v) is 3.09. The Bertz CT molecular complexity index is 560. The Morgan fingerprint density at radius 2 is 2.07 bits per heavy atom. The Kier molecular flexibility index (Phi) is 11.7. The minimum atomic E-state index is 0. The molecule has 0 bridgehead atoms. The van der Waals surface area contributed by atoms with Gasteiger partial charge in [0.25, 0.3) is 0 Å². The van der Waals surface area contributed by atoms with Crippen LogP contribution in [0, 0.1) is 11.8 Å². The first-order valence-electron chi connectivity index (χ1n) is 9.79. The molecule has 1 aromatic rings. The van der Waals surface area contributed by atoms with Crippen molar-refractivity contribution in [2.45, 2.75) is 39.7 Å². The highest BCUT2D eigenvalue weighted by Crippen LogP contribution is 2.18. The van der Waals surface area contributed by atoms with E-state index in [0.29, 0.717) is 5.92 Å². The maximum absolute atomic E-state index is 5.82. The van der Waals surface area contributed by atoms with Gasteiger partial charge in [0.1, 0.15) is 5.75 Å². The van der Waals surface area contributed by atoms with Crippen LogP contribution in [0.3, 0.4) is 0 Å². The van der Waals surface area contributed by atoms with Crippen molar-refractivity contribution < 1.29 is 9.47 Å². The molecular weight excluding hydrogens is 453 g/mol. The maximum atomic E-state index is 5.82. The first-order chi connectivity index (χ1) is 12.6. The van der Waals surface area contributed by atoms with E-state index in [2.05, 4.69) is 48.2 Å².